The van der Waals surface area contributed by atoms with Gasteiger partial charge in [-0.25, -0.2) is 9.97 Å². The molecule has 64 heavy (non-hydrogen) atoms. The van der Waals surface area contributed by atoms with Crippen molar-refractivity contribution in [3.8, 4) is 50.9 Å². The van der Waals surface area contributed by atoms with Crippen LogP contribution in [0.4, 0.5) is 0 Å². The number of nitrogens with zero attached hydrogens (tertiary/aromatic N) is 3. The van der Waals surface area contributed by atoms with Gasteiger partial charge >= 0.3 is 0 Å². The second-order valence-electron chi connectivity index (χ2n) is 16.5. The van der Waals surface area contributed by atoms with Crippen LogP contribution in [0.3, 0.4) is 0 Å². The van der Waals surface area contributed by atoms with Gasteiger partial charge in [-0.2, -0.15) is 0 Å². The maximum absolute atomic E-state index is 7.26. The van der Waals surface area contributed by atoms with E-state index < -0.39 is 0 Å². The van der Waals surface area contributed by atoms with Gasteiger partial charge in [0.2, 0.25) is 5.95 Å². The minimum Gasteiger partial charge on any atom is -0.454 e. The molecule has 0 saturated heterocycles. The van der Waals surface area contributed by atoms with Crippen LogP contribution in [0.15, 0.2) is 211 Å². The fourth-order valence-electron chi connectivity index (χ4n) is 9.78. The van der Waals surface area contributed by atoms with Crippen LogP contribution >= 0.6 is 11.3 Å². The Bertz CT molecular complexity index is 3960. The smallest absolute Gasteiger partial charge is 0.235 e. The first-order valence-corrected chi connectivity index (χ1v) is 22.5. The lowest BCUT2D eigenvalue weighted by Crippen LogP contribution is -2.06. The van der Waals surface area contributed by atoms with E-state index in [-0.39, 0.29) is 0 Å². The van der Waals surface area contributed by atoms with Crippen molar-refractivity contribution in [2.45, 2.75) is 6.42 Å². The lowest BCUT2D eigenvalue weighted by atomic mass is 9.96. The number of benzene rings is 8. The molecular formula is C59H37N3OS. The maximum Gasteiger partial charge on any atom is 0.235 e. The van der Waals surface area contributed by atoms with Crippen molar-refractivity contribution in [2.24, 2.45) is 0 Å². The molecular weight excluding hydrogens is 799 g/mol. The number of hydrogen-bond donors (Lipinski definition) is 0. The highest BCUT2D eigenvalue weighted by molar-refractivity contribution is 7.25. The van der Waals surface area contributed by atoms with Gasteiger partial charge in [0.15, 0.2) is 5.76 Å². The van der Waals surface area contributed by atoms with Crippen molar-refractivity contribution >= 4 is 80.6 Å². The van der Waals surface area contributed by atoms with Gasteiger partial charge in [-0.05, 0) is 82.1 Å². The molecule has 5 heteroatoms. The van der Waals surface area contributed by atoms with Gasteiger partial charge in [0.05, 0.1) is 16.7 Å². The third kappa shape index (κ3) is 5.75. The van der Waals surface area contributed by atoms with Crippen molar-refractivity contribution in [3.05, 3.63) is 218 Å². The van der Waals surface area contributed by atoms with Gasteiger partial charge in [-0.15, -0.1) is 11.3 Å². The molecule has 13 rings (SSSR count). The highest BCUT2D eigenvalue weighted by Gasteiger charge is 2.29. The van der Waals surface area contributed by atoms with Crippen LogP contribution in [0.5, 0.6) is 0 Å². The molecule has 300 valence electrons. The highest BCUT2D eigenvalue weighted by Crippen LogP contribution is 2.46. The van der Waals surface area contributed by atoms with Crippen LogP contribution in [0.2, 0.25) is 0 Å². The zero-order valence-corrected chi connectivity index (χ0v) is 35.4. The predicted octanol–water partition coefficient (Wildman–Crippen LogP) is 16.2. The molecule has 8 aromatic carbocycles. The number of allylic oxidation sites excluding steroid dienone is 5. The number of rotatable bonds is 4. The summed E-state index contributed by atoms with van der Waals surface area (Å²) in [7, 11) is 0. The zero-order valence-electron chi connectivity index (χ0n) is 34.6. The summed E-state index contributed by atoms with van der Waals surface area (Å²) in [5.41, 5.74) is 13.0. The zero-order chi connectivity index (χ0) is 42.3. The lowest BCUT2D eigenvalue weighted by Gasteiger charge is -2.16. The van der Waals surface area contributed by atoms with E-state index in [1.807, 2.05) is 11.3 Å². The molecule has 0 fully saturated rings. The van der Waals surface area contributed by atoms with Gasteiger partial charge in [0, 0.05) is 58.4 Å². The van der Waals surface area contributed by atoms with E-state index in [2.05, 4.69) is 211 Å². The largest absolute Gasteiger partial charge is 0.454 e. The minimum absolute atomic E-state index is 0.564. The number of aromatic nitrogens is 3. The molecule has 0 N–H and O–H groups in total. The van der Waals surface area contributed by atoms with E-state index >= 15 is 0 Å². The molecule has 0 bridgehead atoms. The van der Waals surface area contributed by atoms with Crippen LogP contribution in [-0.4, -0.2) is 14.5 Å². The number of furan rings is 1. The molecule has 4 heterocycles. The average molecular weight is 836 g/mol. The van der Waals surface area contributed by atoms with Gasteiger partial charge in [0.1, 0.15) is 11.3 Å². The van der Waals surface area contributed by atoms with Crippen molar-refractivity contribution < 1.29 is 4.42 Å². The van der Waals surface area contributed by atoms with Crippen molar-refractivity contribution in [1.29, 1.82) is 0 Å². The first-order valence-electron chi connectivity index (χ1n) is 21.6. The Kier molecular flexibility index (Phi) is 8.27. The van der Waals surface area contributed by atoms with Crippen LogP contribution < -0.4 is 0 Å². The Labute approximate surface area is 373 Å². The predicted molar refractivity (Wildman–Crippen MR) is 269 cm³/mol. The molecule has 1 aliphatic rings. The first-order chi connectivity index (χ1) is 31.6. The topological polar surface area (TPSA) is 43.9 Å². The van der Waals surface area contributed by atoms with Crippen molar-refractivity contribution in [1.82, 2.24) is 14.5 Å². The molecule has 4 aromatic heterocycles. The van der Waals surface area contributed by atoms with Crippen LogP contribution in [0, 0.1) is 0 Å². The summed E-state index contributed by atoms with van der Waals surface area (Å²) in [6.45, 7) is 4.69. The first kappa shape index (κ1) is 36.5. The summed E-state index contributed by atoms with van der Waals surface area (Å²) < 4.78 is 12.1. The molecule has 0 amide bonds. The van der Waals surface area contributed by atoms with Crippen LogP contribution in [0.1, 0.15) is 11.1 Å². The Morgan fingerprint density at radius 1 is 0.531 bits per heavy atom. The fraction of sp³-hybridized carbons (Fsp3) is 0.0169. The number of para-hydroxylation sites is 1. The molecule has 0 atom stereocenters. The van der Waals surface area contributed by atoms with E-state index in [9.17, 15) is 0 Å². The second-order valence-corrected chi connectivity index (χ2v) is 17.6. The monoisotopic (exact) mass is 835 g/mol. The van der Waals surface area contributed by atoms with E-state index in [4.69, 9.17) is 14.4 Å². The van der Waals surface area contributed by atoms with Crippen LogP contribution in [-0.2, 0) is 6.42 Å². The summed E-state index contributed by atoms with van der Waals surface area (Å²) >= 11 is 1.84. The Morgan fingerprint density at radius 2 is 1.25 bits per heavy atom. The van der Waals surface area contributed by atoms with Crippen molar-refractivity contribution in [3.63, 3.8) is 0 Å². The second kappa shape index (κ2) is 14.5. The van der Waals surface area contributed by atoms with Crippen LogP contribution in [0.25, 0.3) is 120 Å². The van der Waals surface area contributed by atoms with Crippen molar-refractivity contribution in [2.75, 3.05) is 0 Å². The minimum atomic E-state index is 0.564. The van der Waals surface area contributed by atoms with E-state index in [0.717, 1.165) is 105 Å². The summed E-state index contributed by atoms with van der Waals surface area (Å²) in [4.78, 5) is 11.2. The normalized spacial score (nSPS) is 13.8. The molecule has 1 aliphatic carbocycles. The maximum atomic E-state index is 7.26. The lowest BCUT2D eigenvalue weighted by molar-refractivity contribution is 0.623. The van der Waals surface area contributed by atoms with Gasteiger partial charge in [-0.3, -0.25) is 4.57 Å². The quantitative estimate of drug-likeness (QED) is 0.166. The van der Waals surface area contributed by atoms with Gasteiger partial charge in [-0.1, -0.05) is 164 Å². The molecule has 0 radical (unpaired) electrons. The highest BCUT2D eigenvalue weighted by atomic mass is 32.1. The van der Waals surface area contributed by atoms with Gasteiger partial charge in [0.25, 0.3) is 0 Å². The third-order valence-electron chi connectivity index (χ3n) is 12.8. The Balaban J connectivity index is 1.09. The SMILES string of the molecule is C=C1/C=C\C=C/Cc2c(oc3cc(-c4ccc5sc6ccccc6c5c4)ccc23)-c2c1c1ccccc1n2-c1nc(-c2cccc(-c3ccccc3)c2)c2ccc3ccccc3c2n1. The van der Waals surface area contributed by atoms with E-state index in [1.54, 1.807) is 0 Å². The van der Waals surface area contributed by atoms with Gasteiger partial charge < -0.3 is 4.42 Å². The Hall–Kier alpha value is -8.12. The standard InChI is InChI=1S/C59H37N3OS/c1-36-15-4-2-7-23-46-44-30-28-41(40-29-32-53-49(34-40)45-22-11-13-26-52(45)64-53)35-51(44)63-58(46)57-54(36)47-24-10-12-25-50(47)62(57)59-60-55(42-20-14-19-39(33-42)37-16-5-3-6-17-37)48-31-27-38-18-8-9-21-43(38)56(48)61-59/h2-22,24-35H,1,23H2/b7-2-,15-4-. The molecule has 0 unspecified atom stereocenters. The Morgan fingerprint density at radius 3 is 2.17 bits per heavy atom. The third-order valence-corrected chi connectivity index (χ3v) is 14.0. The fourth-order valence-corrected chi connectivity index (χ4v) is 10.9. The average Bonchev–Trinajstić information content (AvgIpc) is 4.02. The summed E-state index contributed by atoms with van der Waals surface area (Å²) in [5.74, 6) is 1.35. The summed E-state index contributed by atoms with van der Waals surface area (Å²) in [5, 5.41) is 7.87. The number of fused-ring (bicyclic) bond motifs is 13. The molecule has 12 aromatic rings. The van der Waals surface area contributed by atoms with E-state index in [0.29, 0.717) is 12.4 Å². The molecule has 4 nitrogen and oxygen atoms in total. The molecule has 0 saturated carbocycles. The molecule has 0 spiro atoms. The summed E-state index contributed by atoms with van der Waals surface area (Å²) in [6.07, 6.45) is 9.17. The summed E-state index contributed by atoms with van der Waals surface area (Å²) in [6, 6.07) is 62.7. The molecule has 0 aliphatic heterocycles. The number of hydrogen-bond acceptors (Lipinski definition) is 4. The van der Waals surface area contributed by atoms with E-state index in [1.165, 1.54) is 20.2 Å². The number of thiophene rings is 1.